The molecular weight excluding hydrogens is 206 g/mol. The maximum Gasteiger partial charge on any atom is 0.0439 e. The van der Waals surface area contributed by atoms with Gasteiger partial charge in [-0.3, -0.25) is 0 Å². The van der Waals surface area contributed by atoms with E-state index < -0.39 is 0 Å². The summed E-state index contributed by atoms with van der Waals surface area (Å²) in [5.74, 6) is 0. The van der Waals surface area contributed by atoms with Gasteiger partial charge in [0.25, 0.3) is 0 Å². The van der Waals surface area contributed by atoms with Crippen LogP contribution in [0.4, 0.5) is 5.69 Å². The Kier molecular flexibility index (Phi) is 2.40. The van der Waals surface area contributed by atoms with E-state index in [1.54, 1.807) is 0 Å². The average Bonchev–Trinajstić information content (AvgIpc) is 2.75. The highest BCUT2D eigenvalue weighted by Crippen LogP contribution is 2.29. The Morgan fingerprint density at radius 3 is 2.35 bits per heavy atom. The molecule has 0 aromatic heterocycles. The SMILES string of the molecule is Cc1ccc(N2Cc3cccc(C)c3C2)cc1. The fraction of sp³-hybridized carbons (Fsp3) is 0.250. The topological polar surface area (TPSA) is 3.24 Å². The van der Waals surface area contributed by atoms with Gasteiger partial charge in [-0.2, -0.15) is 0 Å². The Bertz CT molecular complexity index is 540. The van der Waals surface area contributed by atoms with Crippen LogP contribution in [0.5, 0.6) is 0 Å². The van der Waals surface area contributed by atoms with Gasteiger partial charge < -0.3 is 4.90 Å². The van der Waals surface area contributed by atoms with Gasteiger partial charge in [0.2, 0.25) is 0 Å². The number of fused-ring (bicyclic) bond motifs is 1. The Hall–Kier alpha value is -1.76. The highest BCUT2D eigenvalue weighted by atomic mass is 15.1. The van der Waals surface area contributed by atoms with Crippen LogP contribution in [0.15, 0.2) is 42.5 Å². The smallest absolute Gasteiger partial charge is 0.0439 e. The molecule has 0 amide bonds. The van der Waals surface area contributed by atoms with Crippen LogP contribution in [-0.4, -0.2) is 0 Å². The third-order valence-corrected chi connectivity index (χ3v) is 3.62. The zero-order valence-electron chi connectivity index (χ0n) is 10.4. The van der Waals surface area contributed by atoms with Crippen LogP contribution in [0.2, 0.25) is 0 Å². The minimum atomic E-state index is 1.04. The van der Waals surface area contributed by atoms with Crippen molar-refractivity contribution in [1.82, 2.24) is 0 Å². The number of aryl methyl sites for hydroxylation is 2. The van der Waals surface area contributed by atoms with Crippen LogP contribution in [0, 0.1) is 13.8 Å². The maximum atomic E-state index is 2.44. The molecule has 3 rings (SSSR count). The third kappa shape index (κ3) is 1.82. The minimum Gasteiger partial charge on any atom is -0.363 e. The summed E-state index contributed by atoms with van der Waals surface area (Å²) in [6.07, 6.45) is 0. The van der Waals surface area contributed by atoms with Crippen LogP contribution in [0.25, 0.3) is 0 Å². The van der Waals surface area contributed by atoms with E-state index in [1.165, 1.54) is 27.9 Å². The number of hydrogen-bond donors (Lipinski definition) is 0. The Morgan fingerprint density at radius 1 is 0.882 bits per heavy atom. The monoisotopic (exact) mass is 223 g/mol. The summed E-state index contributed by atoms with van der Waals surface area (Å²) in [7, 11) is 0. The lowest BCUT2D eigenvalue weighted by Crippen LogP contribution is -2.14. The maximum absolute atomic E-state index is 2.44. The second-order valence-electron chi connectivity index (χ2n) is 4.90. The molecule has 0 unspecified atom stereocenters. The number of anilines is 1. The van der Waals surface area contributed by atoms with Gasteiger partial charge in [-0.05, 0) is 42.7 Å². The van der Waals surface area contributed by atoms with E-state index in [0.29, 0.717) is 0 Å². The predicted octanol–water partition coefficient (Wildman–Crippen LogP) is 3.82. The van der Waals surface area contributed by atoms with Crippen molar-refractivity contribution in [3.8, 4) is 0 Å². The van der Waals surface area contributed by atoms with Crippen LogP contribution in [-0.2, 0) is 13.1 Å². The lowest BCUT2D eigenvalue weighted by Gasteiger charge is -2.17. The molecule has 2 aromatic rings. The van der Waals surface area contributed by atoms with Gasteiger partial charge in [0, 0.05) is 18.8 Å². The first-order chi connectivity index (χ1) is 8.24. The van der Waals surface area contributed by atoms with Crippen molar-refractivity contribution in [2.24, 2.45) is 0 Å². The van der Waals surface area contributed by atoms with Gasteiger partial charge in [0.1, 0.15) is 0 Å². The molecule has 1 heteroatoms. The van der Waals surface area contributed by atoms with Crippen LogP contribution >= 0.6 is 0 Å². The van der Waals surface area contributed by atoms with Crippen molar-refractivity contribution in [2.45, 2.75) is 26.9 Å². The van der Waals surface area contributed by atoms with E-state index >= 15 is 0 Å². The number of nitrogens with zero attached hydrogens (tertiary/aromatic N) is 1. The Balaban J connectivity index is 1.91. The van der Waals surface area contributed by atoms with E-state index in [1.807, 2.05) is 0 Å². The van der Waals surface area contributed by atoms with E-state index in [4.69, 9.17) is 0 Å². The summed E-state index contributed by atoms with van der Waals surface area (Å²) in [6.45, 7) is 6.43. The van der Waals surface area contributed by atoms with Crippen molar-refractivity contribution in [2.75, 3.05) is 4.90 Å². The molecule has 1 nitrogen and oxygen atoms in total. The molecule has 1 aliphatic heterocycles. The van der Waals surface area contributed by atoms with Crippen molar-refractivity contribution in [3.63, 3.8) is 0 Å². The first kappa shape index (κ1) is 10.4. The average molecular weight is 223 g/mol. The lowest BCUT2D eigenvalue weighted by molar-refractivity contribution is 0.878. The normalized spacial score (nSPS) is 13.9. The molecule has 1 heterocycles. The van der Waals surface area contributed by atoms with Crippen LogP contribution in [0.3, 0.4) is 0 Å². The van der Waals surface area contributed by atoms with Gasteiger partial charge in [0.15, 0.2) is 0 Å². The van der Waals surface area contributed by atoms with Crippen molar-refractivity contribution < 1.29 is 0 Å². The van der Waals surface area contributed by atoms with E-state index in [2.05, 4.69) is 61.2 Å². The molecule has 0 N–H and O–H groups in total. The molecule has 0 spiro atoms. The molecule has 0 saturated heterocycles. The van der Waals surface area contributed by atoms with E-state index in [0.717, 1.165) is 13.1 Å². The highest BCUT2D eigenvalue weighted by molar-refractivity contribution is 5.53. The van der Waals surface area contributed by atoms with Crippen LogP contribution in [0.1, 0.15) is 22.3 Å². The molecule has 0 fully saturated rings. The van der Waals surface area contributed by atoms with Gasteiger partial charge >= 0.3 is 0 Å². The molecule has 0 saturated carbocycles. The molecule has 17 heavy (non-hydrogen) atoms. The molecular formula is C16H17N. The number of hydrogen-bond acceptors (Lipinski definition) is 1. The summed E-state index contributed by atoms with van der Waals surface area (Å²) >= 11 is 0. The van der Waals surface area contributed by atoms with Gasteiger partial charge in [-0.25, -0.2) is 0 Å². The quantitative estimate of drug-likeness (QED) is 0.710. The predicted molar refractivity (Wildman–Crippen MR) is 72.2 cm³/mol. The first-order valence-corrected chi connectivity index (χ1v) is 6.13. The van der Waals surface area contributed by atoms with E-state index in [9.17, 15) is 0 Å². The van der Waals surface area contributed by atoms with Crippen molar-refractivity contribution in [1.29, 1.82) is 0 Å². The summed E-state index contributed by atoms with van der Waals surface area (Å²) < 4.78 is 0. The van der Waals surface area contributed by atoms with Gasteiger partial charge in [0.05, 0.1) is 0 Å². The third-order valence-electron chi connectivity index (χ3n) is 3.62. The van der Waals surface area contributed by atoms with Gasteiger partial charge in [-0.15, -0.1) is 0 Å². The summed E-state index contributed by atoms with van der Waals surface area (Å²) in [5, 5.41) is 0. The largest absolute Gasteiger partial charge is 0.363 e. The van der Waals surface area contributed by atoms with Crippen molar-refractivity contribution in [3.05, 3.63) is 64.7 Å². The number of rotatable bonds is 1. The second kappa shape index (κ2) is 3.92. The minimum absolute atomic E-state index is 1.04. The second-order valence-corrected chi connectivity index (χ2v) is 4.90. The lowest BCUT2D eigenvalue weighted by atomic mass is 10.1. The fourth-order valence-corrected chi connectivity index (χ4v) is 2.53. The van der Waals surface area contributed by atoms with Crippen LogP contribution < -0.4 is 4.90 Å². The molecule has 0 atom stereocenters. The molecule has 0 aliphatic carbocycles. The highest BCUT2D eigenvalue weighted by Gasteiger charge is 2.19. The fourth-order valence-electron chi connectivity index (χ4n) is 2.53. The standard InChI is InChI=1S/C16H17N/c1-12-6-8-15(9-7-12)17-10-14-5-3-4-13(2)16(14)11-17/h3-9H,10-11H2,1-2H3. The summed E-state index contributed by atoms with van der Waals surface area (Å²) in [5.41, 5.74) is 7.05. The summed E-state index contributed by atoms with van der Waals surface area (Å²) in [4.78, 5) is 2.44. The zero-order chi connectivity index (χ0) is 11.8. The van der Waals surface area contributed by atoms with Crippen molar-refractivity contribution >= 4 is 5.69 Å². The molecule has 1 aliphatic rings. The summed E-state index contributed by atoms with van der Waals surface area (Å²) in [6, 6.07) is 15.4. The number of benzene rings is 2. The molecule has 0 radical (unpaired) electrons. The molecule has 2 aromatic carbocycles. The van der Waals surface area contributed by atoms with Gasteiger partial charge in [-0.1, -0.05) is 35.9 Å². The zero-order valence-corrected chi connectivity index (χ0v) is 10.4. The molecule has 0 bridgehead atoms. The Labute approximate surface area is 103 Å². The first-order valence-electron chi connectivity index (χ1n) is 6.13. The molecule has 86 valence electrons. The van der Waals surface area contributed by atoms with E-state index in [-0.39, 0.29) is 0 Å². The Morgan fingerprint density at radius 2 is 1.65 bits per heavy atom.